The lowest BCUT2D eigenvalue weighted by molar-refractivity contribution is 0.0706. The van der Waals surface area contributed by atoms with Crippen LogP contribution >= 0.6 is 0 Å². The number of hydrogen-bond acceptors (Lipinski definition) is 4. The number of hydroxylamine groups is 1. The van der Waals surface area contributed by atoms with Gasteiger partial charge >= 0.3 is 0 Å². The van der Waals surface area contributed by atoms with Gasteiger partial charge in [-0.25, -0.2) is 5.48 Å². The molecule has 0 spiro atoms. The lowest BCUT2D eigenvalue weighted by Gasteiger charge is -2.12. The number of nitrogens with one attached hydrogen (secondary N) is 2. The third kappa shape index (κ3) is 2.38. The summed E-state index contributed by atoms with van der Waals surface area (Å²) in [6, 6.07) is 3.35. The van der Waals surface area contributed by atoms with Gasteiger partial charge < -0.3 is 11.1 Å². The molecule has 0 aliphatic heterocycles. The van der Waals surface area contributed by atoms with E-state index in [0.717, 1.165) is 5.56 Å². The molecule has 5 N–H and O–H groups in total. The van der Waals surface area contributed by atoms with Crippen LogP contribution in [0.5, 0.6) is 0 Å². The van der Waals surface area contributed by atoms with Crippen LogP contribution in [0.1, 0.15) is 22.8 Å². The second-order valence-corrected chi connectivity index (χ2v) is 3.23. The molecule has 0 saturated carbocycles. The van der Waals surface area contributed by atoms with E-state index in [0.29, 0.717) is 23.5 Å². The van der Waals surface area contributed by atoms with E-state index >= 15 is 0 Å². The molecule has 1 aromatic carbocycles. The van der Waals surface area contributed by atoms with Crippen LogP contribution in [0.15, 0.2) is 12.1 Å². The van der Waals surface area contributed by atoms with Gasteiger partial charge in [0.1, 0.15) is 0 Å². The van der Waals surface area contributed by atoms with E-state index in [9.17, 15) is 4.79 Å². The molecule has 0 saturated heterocycles. The molecule has 0 aliphatic rings. The number of hydrogen-bond donors (Lipinski definition) is 4. The van der Waals surface area contributed by atoms with Gasteiger partial charge in [0, 0.05) is 17.9 Å². The average Bonchev–Trinajstić information content (AvgIpc) is 2.16. The first-order chi connectivity index (χ1) is 7.10. The molecule has 0 atom stereocenters. The summed E-state index contributed by atoms with van der Waals surface area (Å²) < 4.78 is 0. The van der Waals surface area contributed by atoms with Crippen LogP contribution in [0.2, 0.25) is 0 Å². The maximum atomic E-state index is 11.4. The van der Waals surface area contributed by atoms with E-state index in [1.807, 2.05) is 6.92 Å². The van der Waals surface area contributed by atoms with Crippen molar-refractivity contribution in [3.05, 3.63) is 23.3 Å². The van der Waals surface area contributed by atoms with Gasteiger partial charge in [0.05, 0.1) is 5.56 Å². The summed E-state index contributed by atoms with van der Waals surface area (Å²) in [7, 11) is 0. The Morgan fingerprint density at radius 3 is 2.73 bits per heavy atom. The molecular formula is C10H15N3O2. The summed E-state index contributed by atoms with van der Waals surface area (Å²) in [5.74, 6) is -0.538. The number of benzene rings is 1. The molecule has 82 valence electrons. The van der Waals surface area contributed by atoms with E-state index in [1.165, 1.54) is 0 Å². The first kappa shape index (κ1) is 11.3. The van der Waals surface area contributed by atoms with Crippen molar-refractivity contribution in [3.8, 4) is 0 Å². The summed E-state index contributed by atoms with van der Waals surface area (Å²) in [5.41, 5.74) is 9.63. The molecule has 1 aromatic rings. The highest BCUT2D eigenvalue weighted by molar-refractivity contribution is 6.01. The zero-order valence-corrected chi connectivity index (χ0v) is 8.79. The van der Waals surface area contributed by atoms with Crippen molar-refractivity contribution in [2.75, 3.05) is 17.6 Å². The van der Waals surface area contributed by atoms with E-state index in [2.05, 4.69) is 5.32 Å². The Hall–Kier alpha value is -1.75. The minimum atomic E-state index is -0.538. The van der Waals surface area contributed by atoms with E-state index < -0.39 is 5.91 Å². The minimum absolute atomic E-state index is 0.411. The maximum absolute atomic E-state index is 11.4. The van der Waals surface area contributed by atoms with Crippen LogP contribution in [0.4, 0.5) is 11.4 Å². The second-order valence-electron chi connectivity index (χ2n) is 3.23. The third-order valence-electron chi connectivity index (χ3n) is 2.05. The number of carbonyl (C=O) groups is 1. The van der Waals surface area contributed by atoms with Crippen molar-refractivity contribution in [1.29, 1.82) is 0 Å². The Kier molecular flexibility index (Phi) is 3.51. The first-order valence-corrected chi connectivity index (χ1v) is 4.68. The number of nitrogens with two attached hydrogens (primary N) is 1. The second kappa shape index (κ2) is 4.65. The molecule has 0 fully saturated rings. The zero-order chi connectivity index (χ0) is 11.4. The van der Waals surface area contributed by atoms with Gasteiger partial charge in [0.15, 0.2) is 0 Å². The third-order valence-corrected chi connectivity index (χ3v) is 2.05. The van der Waals surface area contributed by atoms with Crippen molar-refractivity contribution in [2.24, 2.45) is 0 Å². The highest BCUT2D eigenvalue weighted by Gasteiger charge is 2.14. The molecule has 0 bridgehead atoms. The lowest BCUT2D eigenvalue weighted by Crippen LogP contribution is -2.21. The number of nitrogen functional groups attached to an aromatic ring is 1. The van der Waals surface area contributed by atoms with Crippen LogP contribution in [0.25, 0.3) is 0 Å². The molecule has 5 heteroatoms. The van der Waals surface area contributed by atoms with Crippen LogP contribution in [0.3, 0.4) is 0 Å². The summed E-state index contributed by atoms with van der Waals surface area (Å²) in [5, 5.41) is 11.6. The van der Waals surface area contributed by atoms with Gasteiger partial charge in [-0.1, -0.05) is 0 Å². The Morgan fingerprint density at radius 2 is 2.20 bits per heavy atom. The average molecular weight is 209 g/mol. The van der Waals surface area contributed by atoms with Gasteiger partial charge in [-0.2, -0.15) is 0 Å². The van der Waals surface area contributed by atoms with Crippen molar-refractivity contribution < 1.29 is 10.0 Å². The Balaban J connectivity index is 3.26. The van der Waals surface area contributed by atoms with E-state index in [4.69, 9.17) is 10.9 Å². The van der Waals surface area contributed by atoms with Gasteiger partial charge in [-0.3, -0.25) is 10.0 Å². The van der Waals surface area contributed by atoms with Crippen molar-refractivity contribution in [3.63, 3.8) is 0 Å². The van der Waals surface area contributed by atoms with Gasteiger partial charge in [-0.15, -0.1) is 0 Å². The predicted octanol–water partition coefficient (Wildman–Crippen LogP) is 1.13. The molecule has 1 rings (SSSR count). The van der Waals surface area contributed by atoms with Crippen molar-refractivity contribution >= 4 is 17.3 Å². The zero-order valence-electron chi connectivity index (χ0n) is 8.79. The standard InChI is InChI=1S/C10H15N3O2/c1-3-12-8-5-7(11)4-6(2)9(8)10(14)13-15/h4-5,12,15H,3,11H2,1-2H3,(H,13,14). The van der Waals surface area contributed by atoms with Crippen LogP contribution in [-0.4, -0.2) is 17.7 Å². The number of aryl methyl sites for hydroxylation is 1. The quantitative estimate of drug-likeness (QED) is 0.341. The van der Waals surface area contributed by atoms with Crippen LogP contribution in [0, 0.1) is 6.92 Å². The summed E-state index contributed by atoms with van der Waals surface area (Å²) in [6.45, 7) is 4.36. The molecule has 1 amide bonds. The van der Waals surface area contributed by atoms with Crippen LogP contribution < -0.4 is 16.5 Å². The summed E-state index contributed by atoms with van der Waals surface area (Å²) in [4.78, 5) is 11.4. The SMILES string of the molecule is CCNc1cc(N)cc(C)c1C(=O)NO. The number of anilines is 2. The molecular weight excluding hydrogens is 194 g/mol. The molecule has 0 heterocycles. The van der Waals surface area contributed by atoms with Crippen molar-refractivity contribution in [2.45, 2.75) is 13.8 Å². The number of carbonyl (C=O) groups excluding carboxylic acids is 1. The topological polar surface area (TPSA) is 87.4 Å². The smallest absolute Gasteiger partial charge is 0.277 e. The fraction of sp³-hybridized carbons (Fsp3) is 0.300. The number of rotatable bonds is 3. The molecule has 0 aliphatic carbocycles. The highest BCUT2D eigenvalue weighted by Crippen LogP contribution is 2.23. The largest absolute Gasteiger partial charge is 0.399 e. The predicted molar refractivity (Wildman–Crippen MR) is 59.0 cm³/mol. The van der Waals surface area contributed by atoms with E-state index in [-0.39, 0.29) is 0 Å². The van der Waals surface area contributed by atoms with Gasteiger partial charge in [0.2, 0.25) is 0 Å². The molecule has 0 aromatic heterocycles. The maximum Gasteiger partial charge on any atom is 0.277 e. The monoisotopic (exact) mass is 209 g/mol. The van der Waals surface area contributed by atoms with Crippen LogP contribution in [-0.2, 0) is 0 Å². The molecule has 0 unspecified atom stereocenters. The normalized spacial score (nSPS) is 9.80. The summed E-state index contributed by atoms with van der Waals surface area (Å²) in [6.07, 6.45) is 0. The van der Waals surface area contributed by atoms with Gasteiger partial charge in [0.25, 0.3) is 5.91 Å². The minimum Gasteiger partial charge on any atom is -0.399 e. The van der Waals surface area contributed by atoms with E-state index in [1.54, 1.807) is 24.5 Å². The fourth-order valence-corrected chi connectivity index (χ4v) is 1.50. The Bertz CT molecular complexity index is 377. The molecule has 5 nitrogen and oxygen atoms in total. The number of amides is 1. The lowest BCUT2D eigenvalue weighted by atomic mass is 10.0. The van der Waals surface area contributed by atoms with Gasteiger partial charge in [-0.05, 0) is 31.5 Å². The van der Waals surface area contributed by atoms with Crippen molar-refractivity contribution in [1.82, 2.24) is 5.48 Å². The summed E-state index contributed by atoms with van der Waals surface area (Å²) >= 11 is 0. The Labute approximate surface area is 88.2 Å². The molecule has 15 heavy (non-hydrogen) atoms. The fourth-order valence-electron chi connectivity index (χ4n) is 1.50. The Morgan fingerprint density at radius 1 is 1.53 bits per heavy atom. The highest BCUT2D eigenvalue weighted by atomic mass is 16.5. The first-order valence-electron chi connectivity index (χ1n) is 4.68. The molecule has 0 radical (unpaired) electrons.